The van der Waals surface area contributed by atoms with E-state index in [0.717, 1.165) is 37.9 Å². The van der Waals surface area contributed by atoms with E-state index in [2.05, 4.69) is 86.4 Å². The Bertz CT molecular complexity index is 598. The Morgan fingerprint density at radius 1 is 0.750 bits per heavy atom. The molecule has 1 aromatic carbocycles. The van der Waals surface area contributed by atoms with Gasteiger partial charge in [-0.05, 0) is 11.0 Å². The number of benzene rings is 1. The highest BCUT2D eigenvalue weighted by atomic mass is 15.1. The summed E-state index contributed by atoms with van der Waals surface area (Å²) >= 11 is 0. The maximum atomic E-state index is 4.40. The molecule has 0 atom stereocenters. The van der Waals surface area contributed by atoms with Crippen molar-refractivity contribution < 1.29 is 0 Å². The Labute approximate surface area is 146 Å². The number of hydrogen-bond acceptors (Lipinski definition) is 4. The summed E-state index contributed by atoms with van der Waals surface area (Å²) in [5.41, 5.74) is 3.00. The van der Waals surface area contributed by atoms with Crippen LogP contribution in [0.5, 0.6) is 0 Å². The van der Waals surface area contributed by atoms with Gasteiger partial charge in [0.2, 0.25) is 0 Å². The van der Waals surface area contributed by atoms with Gasteiger partial charge in [0.15, 0.2) is 0 Å². The Morgan fingerprint density at radius 2 is 1.33 bits per heavy atom. The van der Waals surface area contributed by atoms with E-state index in [9.17, 15) is 0 Å². The number of amidine groups is 2. The largest absolute Gasteiger partial charge is 0.372 e. The molecule has 0 unspecified atom stereocenters. The standard InChI is InChI=1S/C13H18N2.C7H14N2/c1-13(2,3)11-6-4-10(5-7-11)12-14-8-9-15-12;1-7(2,3)6-8-4-5-9-6/h4-7H,8-9H2,1-3H3,(H,14,15);4-5H2,1-3H3,(H,8,9). The molecule has 0 aliphatic carbocycles. The SMILES string of the molecule is CC(C)(C)C1=NCCN1.CC(C)(C)c1ccc(C2=NCCN2)cc1. The molecule has 1 aromatic rings. The molecule has 2 aliphatic rings. The molecule has 0 radical (unpaired) electrons. The molecule has 0 aromatic heterocycles. The number of nitrogens with one attached hydrogen (secondary N) is 2. The summed E-state index contributed by atoms with van der Waals surface area (Å²) in [6.45, 7) is 17.0. The zero-order valence-electron chi connectivity index (χ0n) is 16.0. The lowest BCUT2D eigenvalue weighted by Crippen LogP contribution is -2.31. The van der Waals surface area contributed by atoms with Crippen LogP contribution in [0.4, 0.5) is 0 Å². The molecule has 0 fully saturated rings. The second kappa shape index (κ2) is 7.37. The molecule has 4 nitrogen and oxygen atoms in total. The first-order chi connectivity index (χ1) is 11.2. The fourth-order valence-electron chi connectivity index (χ4n) is 2.62. The van der Waals surface area contributed by atoms with Gasteiger partial charge in [-0.2, -0.15) is 0 Å². The van der Waals surface area contributed by atoms with Gasteiger partial charge in [-0.15, -0.1) is 0 Å². The first-order valence-electron chi connectivity index (χ1n) is 8.86. The molecular weight excluding hydrogens is 296 g/mol. The van der Waals surface area contributed by atoms with Crippen molar-refractivity contribution in [1.29, 1.82) is 0 Å². The Morgan fingerprint density at radius 3 is 1.71 bits per heavy atom. The van der Waals surface area contributed by atoms with Crippen molar-refractivity contribution in [1.82, 2.24) is 10.6 Å². The summed E-state index contributed by atoms with van der Waals surface area (Å²) in [4.78, 5) is 8.72. The third-order valence-electron chi connectivity index (χ3n) is 4.08. The fourth-order valence-corrected chi connectivity index (χ4v) is 2.62. The number of aliphatic imine (C=N–C) groups is 2. The molecule has 3 rings (SSSR count). The van der Waals surface area contributed by atoms with Gasteiger partial charge in [0.25, 0.3) is 0 Å². The zero-order valence-corrected chi connectivity index (χ0v) is 16.0. The van der Waals surface area contributed by atoms with Crippen LogP contribution in [-0.2, 0) is 5.41 Å². The number of hydrogen-bond donors (Lipinski definition) is 2. The predicted octanol–water partition coefficient (Wildman–Crippen LogP) is 3.37. The van der Waals surface area contributed by atoms with Gasteiger partial charge in [-0.25, -0.2) is 0 Å². The molecule has 2 N–H and O–H groups in total. The van der Waals surface area contributed by atoms with Crippen LogP contribution in [0.15, 0.2) is 34.3 Å². The van der Waals surface area contributed by atoms with Crippen molar-refractivity contribution in [2.45, 2.75) is 47.0 Å². The van der Waals surface area contributed by atoms with Crippen LogP contribution in [0.1, 0.15) is 52.7 Å². The monoisotopic (exact) mass is 328 g/mol. The third kappa shape index (κ3) is 5.08. The highest BCUT2D eigenvalue weighted by molar-refractivity contribution is 5.99. The van der Waals surface area contributed by atoms with Gasteiger partial charge in [0.1, 0.15) is 11.7 Å². The maximum absolute atomic E-state index is 4.40. The van der Waals surface area contributed by atoms with Gasteiger partial charge in [-0.3, -0.25) is 9.98 Å². The number of rotatable bonds is 1. The fraction of sp³-hybridized carbons (Fsp3) is 0.600. The van der Waals surface area contributed by atoms with Crippen LogP contribution in [0.2, 0.25) is 0 Å². The molecule has 24 heavy (non-hydrogen) atoms. The summed E-state index contributed by atoms with van der Waals surface area (Å²) in [7, 11) is 0. The van der Waals surface area contributed by atoms with E-state index >= 15 is 0 Å². The maximum Gasteiger partial charge on any atom is 0.128 e. The molecular formula is C20H32N4. The second-order valence-corrected chi connectivity index (χ2v) is 8.39. The number of nitrogens with zero attached hydrogens (tertiary/aromatic N) is 2. The quantitative estimate of drug-likeness (QED) is 0.830. The minimum absolute atomic E-state index is 0.219. The first kappa shape index (κ1) is 18.5. The van der Waals surface area contributed by atoms with Gasteiger partial charge in [0.05, 0.1) is 13.1 Å². The minimum atomic E-state index is 0.219. The van der Waals surface area contributed by atoms with Crippen molar-refractivity contribution >= 4 is 11.7 Å². The summed E-state index contributed by atoms with van der Waals surface area (Å²) in [5.74, 6) is 2.19. The van der Waals surface area contributed by atoms with Crippen LogP contribution in [0.3, 0.4) is 0 Å². The molecule has 0 saturated heterocycles. The van der Waals surface area contributed by atoms with E-state index in [1.807, 2.05) is 0 Å². The van der Waals surface area contributed by atoms with Gasteiger partial charge in [0, 0.05) is 24.1 Å². The smallest absolute Gasteiger partial charge is 0.128 e. The van der Waals surface area contributed by atoms with Crippen LogP contribution in [0.25, 0.3) is 0 Å². The molecule has 0 bridgehead atoms. The van der Waals surface area contributed by atoms with E-state index in [1.54, 1.807) is 0 Å². The van der Waals surface area contributed by atoms with Crippen molar-refractivity contribution in [3.8, 4) is 0 Å². The summed E-state index contributed by atoms with van der Waals surface area (Å²) in [6.07, 6.45) is 0. The van der Waals surface area contributed by atoms with Crippen molar-refractivity contribution in [2.75, 3.05) is 26.2 Å². The summed E-state index contributed by atoms with van der Waals surface area (Å²) in [6, 6.07) is 8.69. The average Bonchev–Trinajstić information content (AvgIpc) is 3.20. The minimum Gasteiger partial charge on any atom is -0.372 e. The van der Waals surface area contributed by atoms with E-state index in [0.29, 0.717) is 0 Å². The van der Waals surface area contributed by atoms with Crippen molar-refractivity contribution in [3.63, 3.8) is 0 Å². The normalized spacial score (nSPS) is 17.2. The lowest BCUT2D eigenvalue weighted by molar-refractivity contribution is 0.575. The molecule has 0 amide bonds. The average molecular weight is 329 g/mol. The van der Waals surface area contributed by atoms with Gasteiger partial charge < -0.3 is 10.6 Å². The van der Waals surface area contributed by atoms with Gasteiger partial charge >= 0.3 is 0 Å². The lowest BCUT2D eigenvalue weighted by Gasteiger charge is -2.19. The van der Waals surface area contributed by atoms with E-state index in [1.165, 1.54) is 11.1 Å². The molecule has 2 heterocycles. The lowest BCUT2D eigenvalue weighted by atomic mass is 9.86. The Hall–Kier alpha value is -1.84. The van der Waals surface area contributed by atoms with Crippen LogP contribution in [0, 0.1) is 5.41 Å². The first-order valence-corrected chi connectivity index (χ1v) is 8.86. The Balaban J connectivity index is 0.000000198. The Kier molecular flexibility index (Phi) is 5.68. The van der Waals surface area contributed by atoms with Gasteiger partial charge in [-0.1, -0.05) is 65.8 Å². The summed E-state index contributed by atoms with van der Waals surface area (Å²) in [5, 5.41) is 6.53. The van der Waals surface area contributed by atoms with E-state index in [4.69, 9.17) is 0 Å². The molecule has 132 valence electrons. The molecule has 0 spiro atoms. The van der Waals surface area contributed by atoms with Crippen LogP contribution >= 0.6 is 0 Å². The molecule has 4 heteroatoms. The highest BCUT2D eigenvalue weighted by Gasteiger charge is 2.20. The van der Waals surface area contributed by atoms with Crippen molar-refractivity contribution in [3.05, 3.63) is 35.4 Å². The highest BCUT2D eigenvalue weighted by Crippen LogP contribution is 2.22. The molecule has 0 saturated carbocycles. The third-order valence-corrected chi connectivity index (χ3v) is 4.08. The molecule has 2 aliphatic heterocycles. The van der Waals surface area contributed by atoms with E-state index < -0.39 is 0 Å². The van der Waals surface area contributed by atoms with Crippen LogP contribution in [-0.4, -0.2) is 37.9 Å². The second-order valence-electron chi connectivity index (χ2n) is 8.39. The predicted molar refractivity (Wildman–Crippen MR) is 104 cm³/mol. The van der Waals surface area contributed by atoms with E-state index in [-0.39, 0.29) is 10.8 Å². The zero-order chi connectivity index (χ0) is 17.8. The van der Waals surface area contributed by atoms with Crippen LogP contribution < -0.4 is 10.6 Å². The summed E-state index contributed by atoms with van der Waals surface area (Å²) < 4.78 is 0. The topological polar surface area (TPSA) is 48.8 Å². The van der Waals surface area contributed by atoms with Crippen molar-refractivity contribution in [2.24, 2.45) is 15.4 Å².